The fourth-order valence-electron chi connectivity index (χ4n) is 5.93. The van der Waals surface area contributed by atoms with Gasteiger partial charge in [0.2, 0.25) is 0 Å². The second kappa shape index (κ2) is 5.96. The summed E-state index contributed by atoms with van der Waals surface area (Å²) in [5, 5.41) is 13.7. The van der Waals surface area contributed by atoms with E-state index in [4.69, 9.17) is 4.98 Å². The monoisotopic (exact) mass is 385 g/mol. The summed E-state index contributed by atoms with van der Waals surface area (Å²) in [7, 11) is 0. The Balaban J connectivity index is 1.69. The van der Waals surface area contributed by atoms with E-state index >= 15 is 0 Å². The number of anilines is 1. The molecule has 1 aromatic carbocycles. The van der Waals surface area contributed by atoms with E-state index in [-0.39, 0.29) is 5.41 Å². The van der Waals surface area contributed by atoms with Crippen LogP contribution in [0.25, 0.3) is 16.7 Å². The molecule has 0 unspecified atom stereocenters. The quantitative estimate of drug-likeness (QED) is 0.696. The predicted octanol–water partition coefficient (Wildman–Crippen LogP) is 3.53. The van der Waals surface area contributed by atoms with Crippen molar-refractivity contribution < 1.29 is 0 Å². The van der Waals surface area contributed by atoms with E-state index in [0.29, 0.717) is 0 Å². The summed E-state index contributed by atoms with van der Waals surface area (Å²) in [5.41, 5.74) is 6.63. The molecule has 0 amide bonds. The highest BCUT2D eigenvalue weighted by atomic mass is 15.3. The molecule has 0 saturated carbocycles. The molecule has 29 heavy (non-hydrogen) atoms. The zero-order valence-corrected chi connectivity index (χ0v) is 17.2. The van der Waals surface area contributed by atoms with Gasteiger partial charge >= 0.3 is 0 Å². The molecule has 5 nitrogen and oxygen atoms in total. The molecule has 3 aromatic rings. The Bertz CT molecular complexity index is 1170. The van der Waals surface area contributed by atoms with Crippen LogP contribution in [0.2, 0.25) is 0 Å². The number of nitriles is 1. The van der Waals surface area contributed by atoms with Crippen molar-refractivity contribution in [3.63, 3.8) is 0 Å². The fourth-order valence-corrected chi connectivity index (χ4v) is 5.93. The van der Waals surface area contributed by atoms with Crippen LogP contribution in [-0.4, -0.2) is 35.6 Å². The van der Waals surface area contributed by atoms with E-state index in [1.807, 2.05) is 6.07 Å². The summed E-state index contributed by atoms with van der Waals surface area (Å²) < 4.78 is 2.31. The molecular formula is C24H27N5. The van der Waals surface area contributed by atoms with Gasteiger partial charge in [0.1, 0.15) is 11.9 Å². The van der Waals surface area contributed by atoms with E-state index < -0.39 is 0 Å². The van der Waals surface area contributed by atoms with Gasteiger partial charge in [0.15, 0.2) is 5.65 Å². The number of pyridine rings is 1. The van der Waals surface area contributed by atoms with Crippen LogP contribution in [-0.2, 0) is 12.8 Å². The molecule has 3 aliphatic rings. The first-order valence-corrected chi connectivity index (χ1v) is 10.9. The molecule has 0 radical (unpaired) electrons. The molecule has 1 N–H and O–H groups in total. The molecule has 4 heterocycles. The van der Waals surface area contributed by atoms with Crippen LogP contribution in [0, 0.1) is 28.6 Å². The summed E-state index contributed by atoms with van der Waals surface area (Å²) in [6, 6.07) is 10.9. The highest BCUT2D eigenvalue weighted by molar-refractivity contribution is 5.86. The molecule has 0 bridgehead atoms. The van der Waals surface area contributed by atoms with Crippen LogP contribution in [0.5, 0.6) is 0 Å². The maximum absolute atomic E-state index is 10.1. The first-order chi connectivity index (χ1) is 14.1. The van der Waals surface area contributed by atoms with Crippen LogP contribution >= 0.6 is 0 Å². The summed E-state index contributed by atoms with van der Waals surface area (Å²) >= 11 is 0. The van der Waals surface area contributed by atoms with Gasteiger partial charge in [-0.2, -0.15) is 5.26 Å². The van der Waals surface area contributed by atoms with Crippen LogP contribution in [0.3, 0.4) is 0 Å². The number of imidazole rings is 1. The van der Waals surface area contributed by atoms with Crippen molar-refractivity contribution in [1.29, 1.82) is 5.26 Å². The molecule has 2 saturated heterocycles. The van der Waals surface area contributed by atoms with Crippen LogP contribution in [0.4, 0.5) is 5.82 Å². The van der Waals surface area contributed by atoms with Gasteiger partial charge in [0.25, 0.3) is 0 Å². The van der Waals surface area contributed by atoms with E-state index in [2.05, 4.69) is 52.7 Å². The number of para-hydroxylation sites is 2. The van der Waals surface area contributed by atoms with Gasteiger partial charge in [0, 0.05) is 26.2 Å². The predicted molar refractivity (Wildman–Crippen MR) is 115 cm³/mol. The molecule has 0 spiro atoms. The number of aromatic nitrogens is 2. The van der Waals surface area contributed by atoms with E-state index in [0.717, 1.165) is 79.5 Å². The largest absolute Gasteiger partial charge is 0.357 e. The number of hydrogen-bond donors (Lipinski definition) is 1. The number of nitrogens with one attached hydrogen (secondary N) is 1. The lowest BCUT2D eigenvalue weighted by Crippen LogP contribution is -2.32. The third-order valence-corrected chi connectivity index (χ3v) is 7.44. The van der Waals surface area contributed by atoms with Crippen molar-refractivity contribution in [2.75, 3.05) is 31.1 Å². The van der Waals surface area contributed by atoms with E-state index in [1.165, 1.54) is 16.9 Å². The van der Waals surface area contributed by atoms with Gasteiger partial charge in [-0.15, -0.1) is 0 Å². The van der Waals surface area contributed by atoms with Crippen molar-refractivity contribution in [3.05, 3.63) is 41.0 Å². The van der Waals surface area contributed by atoms with Crippen LogP contribution in [0.1, 0.15) is 37.0 Å². The summed E-state index contributed by atoms with van der Waals surface area (Å²) in [5.74, 6) is 2.76. The standard InChI is InChI=1S/C24H27N5/c1-24(2)8-7-17-18(9-24)23(28-13-15-11-26-12-16(15)14-28)29-21-6-4-3-5-20(21)27-22(29)19(17)10-25/h3-6,15-16,26H,7-9,11-14H2,1-2H3/t15-,16-/m1/s1. The third kappa shape index (κ3) is 2.45. The SMILES string of the molecule is CC1(C)CCc2c(c(N3C[C@H]4CNC[C@@H]4C3)n3c(nc4ccccc43)c2C#N)C1. The molecule has 2 aromatic heterocycles. The highest BCUT2D eigenvalue weighted by Gasteiger charge is 2.40. The molecule has 2 fully saturated rings. The first kappa shape index (κ1) is 17.3. The number of nitrogens with zero attached hydrogens (tertiary/aromatic N) is 4. The lowest BCUT2D eigenvalue weighted by molar-refractivity contribution is 0.315. The third-order valence-electron chi connectivity index (χ3n) is 7.44. The summed E-state index contributed by atoms with van der Waals surface area (Å²) in [6.45, 7) is 9.17. The number of fused-ring (bicyclic) bond motifs is 5. The first-order valence-electron chi connectivity index (χ1n) is 10.9. The smallest absolute Gasteiger partial charge is 0.157 e. The Morgan fingerprint density at radius 1 is 1.14 bits per heavy atom. The minimum atomic E-state index is 0.260. The van der Waals surface area contributed by atoms with E-state index in [9.17, 15) is 5.26 Å². The zero-order valence-electron chi connectivity index (χ0n) is 17.2. The Labute approximate surface area is 171 Å². The second-order valence-electron chi connectivity index (χ2n) is 9.95. The van der Waals surface area contributed by atoms with Gasteiger partial charge in [-0.3, -0.25) is 4.40 Å². The Hall–Kier alpha value is -2.58. The minimum Gasteiger partial charge on any atom is -0.357 e. The molecule has 5 heteroatoms. The lowest BCUT2D eigenvalue weighted by atomic mass is 9.73. The summed E-state index contributed by atoms with van der Waals surface area (Å²) in [4.78, 5) is 7.55. The molecule has 148 valence electrons. The molecule has 6 rings (SSSR count). The van der Waals surface area contributed by atoms with Gasteiger partial charge in [0.05, 0.1) is 16.6 Å². The lowest BCUT2D eigenvalue weighted by Gasteiger charge is -2.36. The van der Waals surface area contributed by atoms with Crippen molar-refractivity contribution in [2.24, 2.45) is 17.3 Å². The average Bonchev–Trinajstić information content (AvgIpc) is 3.38. The maximum atomic E-state index is 10.1. The van der Waals surface area contributed by atoms with Crippen molar-refractivity contribution >= 4 is 22.5 Å². The molecular weight excluding hydrogens is 358 g/mol. The summed E-state index contributed by atoms with van der Waals surface area (Å²) in [6.07, 6.45) is 3.12. The number of rotatable bonds is 1. The molecule has 2 atom stereocenters. The number of hydrogen-bond acceptors (Lipinski definition) is 4. The fraction of sp³-hybridized carbons (Fsp3) is 0.500. The van der Waals surface area contributed by atoms with Crippen molar-refractivity contribution in [2.45, 2.75) is 33.1 Å². The van der Waals surface area contributed by atoms with Crippen molar-refractivity contribution in [3.8, 4) is 6.07 Å². The Morgan fingerprint density at radius 3 is 2.66 bits per heavy atom. The average molecular weight is 386 g/mol. The minimum absolute atomic E-state index is 0.260. The zero-order chi connectivity index (χ0) is 19.8. The van der Waals surface area contributed by atoms with Crippen molar-refractivity contribution in [1.82, 2.24) is 14.7 Å². The van der Waals surface area contributed by atoms with Gasteiger partial charge in [-0.1, -0.05) is 26.0 Å². The highest BCUT2D eigenvalue weighted by Crippen LogP contribution is 2.44. The number of benzene rings is 1. The normalized spacial score (nSPS) is 25.3. The molecule has 2 aliphatic heterocycles. The molecule has 1 aliphatic carbocycles. The van der Waals surface area contributed by atoms with E-state index in [1.54, 1.807) is 0 Å². The topological polar surface area (TPSA) is 56.4 Å². The van der Waals surface area contributed by atoms with Crippen LogP contribution < -0.4 is 10.2 Å². The maximum Gasteiger partial charge on any atom is 0.157 e. The van der Waals surface area contributed by atoms with Crippen LogP contribution in [0.15, 0.2) is 24.3 Å². The second-order valence-corrected chi connectivity index (χ2v) is 9.95. The Morgan fingerprint density at radius 2 is 1.90 bits per heavy atom. The Kier molecular flexibility index (Phi) is 3.56. The van der Waals surface area contributed by atoms with Gasteiger partial charge < -0.3 is 10.2 Å². The van der Waals surface area contributed by atoms with Gasteiger partial charge in [-0.05, 0) is 59.8 Å². The van der Waals surface area contributed by atoms with Gasteiger partial charge in [-0.25, -0.2) is 4.98 Å².